The lowest BCUT2D eigenvalue weighted by molar-refractivity contribution is -0.116. The number of fused-ring (bicyclic) bond motifs is 1. The molecule has 168 valence electrons. The number of carbonyl (C=O) groups excluding carboxylic acids is 1. The van der Waals surface area contributed by atoms with Crippen LogP contribution in [0.4, 0.5) is 17.1 Å². The molecule has 6 heteroatoms. The first-order chi connectivity index (χ1) is 15.9. The van der Waals surface area contributed by atoms with Crippen molar-refractivity contribution in [1.29, 1.82) is 0 Å². The Bertz CT molecular complexity index is 1250. The van der Waals surface area contributed by atoms with Crippen molar-refractivity contribution in [2.45, 2.75) is 24.8 Å². The van der Waals surface area contributed by atoms with Crippen LogP contribution in [0.1, 0.15) is 35.9 Å². The van der Waals surface area contributed by atoms with Gasteiger partial charge in [0.15, 0.2) is 5.78 Å². The fourth-order valence-electron chi connectivity index (χ4n) is 4.71. The Labute approximate surface area is 204 Å². The lowest BCUT2D eigenvalue weighted by Crippen LogP contribution is -2.26. The lowest BCUT2D eigenvalue weighted by Gasteiger charge is -2.30. The molecule has 4 nitrogen and oxygen atoms in total. The summed E-state index contributed by atoms with van der Waals surface area (Å²) in [6.45, 7) is 0. The Kier molecular flexibility index (Phi) is 5.81. The maximum absolute atomic E-state index is 13.6. The number of para-hydroxylation sites is 2. The molecule has 2 unspecified atom stereocenters. The monoisotopic (exact) mass is 477 g/mol. The molecule has 0 aromatic heterocycles. The summed E-state index contributed by atoms with van der Waals surface area (Å²) in [4.78, 5) is 15.7. The molecule has 0 radical (unpaired) electrons. The van der Waals surface area contributed by atoms with Crippen molar-refractivity contribution in [3.8, 4) is 0 Å². The van der Waals surface area contributed by atoms with E-state index in [9.17, 15) is 4.79 Å². The molecule has 3 aromatic rings. The van der Waals surface area contributed by atoms with E-state index in [1.165, 1.54) is 5.56 Å². The van der Waals surface area contributed by atoms with Gasteiger partial charge in [-0.2, -0.15) is 0 Å². The summed E-state index contributed by atoms with van der Waals surface area (Å²) >= 11 is 12.5. The van der Waals surface area contributed by atoms with Crippen LogP contribution in [-0.4, -0.2) is 19.9 Å². The van der Waals surface area contributed by atoms with Crippen LogP contribution in [0.5, 0.6) is 0 Å². The average molecular weight is 478 g/mol. The third-order valence-electron chi connectivity index (χ3n) is 6.47. The van der Waals surface area contributed by atoms with E-state index in [1.54, 1.807) is 6.07 Å². The Hall–Kier alpha value is -2.95. The van der Waals surface area contributed by atoms with Crippen LogP contribution in [0.25, 0.3) is 0 Å². The van der Waals surface area contributed by atoms with Crippen molar-refractivity contribution in [2.75, 3.05) is 29.6 Å². The molecular formula is C27H25Cl2N3O. The van der Waals surface area contributed by atoms with E-state index in [0.717, 1.165) is 40.3 Å². The molecule has 1 aliphatic heterocycles. The molecule has 0 saturated heterocycles. The van der Waals surface area contributed by atoms with Crippen LogP contribution in [0.3, 0.4) is 0 Å². The largest absolute Gasteiger partial charge is 0.378 e. The number of hydrogen-bond acceptors (Lipinski definition) is 4. The van der Waals surface area contributed by atoms with E-state index < -0.39 is 0 Å². The van der Waals surface area contributed by atoms with Crippen LogP contribution < -0.4 is 15.5 Å². The van der Waals surface area contributed by atoms with Gasteiger partial charge in [0.1, 0.15) is 0 Å². The number of Topliss-reactive ketones (excluding diaryl/α,β-unsaturated/α-hetero) is 1. The number of benzene rings is 3. The van der Waals surface area contributed by atoms with Crippen molar-refractivity contribution in [1.82, 2.24) is 0 Å². The Morgan fingerprint density at radius 2 is 1.55 bits per heavy atom. The summed E-state index contributed by atoms with van der Waals surface area (Å²) in [6, 6.07) is 21.8. The van der Waals surface area contributed by atoms with Gasteiger partial charge >= 0.3 is 0 Å². The van der Waals surface area contributed by atoms with Crippen LogP contribution >= 0.6 is 23.2 Å². The van der Waals surface area contributed by atoms with Gasteiger partial charge in [0.25, 0.3) is 0 Å². The molecule has 1 aliphatic carbocycles. The highest BCUT2D eigenvalue weighted by Gasteiger charge is 2.36. The topological polar surface area (TPSA) is 44.4 Å². The van der Waals surface area contributed by atoms with Crippen LogP contribution in [0.15, 0.2) is 78.0 Å². The number of nitrogens with zero attached hydrogens (tertiary/aromatic N) is 1. The van der Waals surface area contributed by atoms with Gasteiger partial charge in [-0.05, 0) is 59.9 Å². The zero-order valence-electron chi connectivity index (χ0n) is 18.5. The minimum absolute atomic E-state index is 0.125. The normalized spacial score (nSPS) is 19.7. The highest BCUT2D eigenvalue weighted by Crippen LogP contribution is 2.44. The second-order valence-corrected chi connectivity index (χ2v) is 9.64. The summed E-state index contributed by atoms with van der Waals surface area (Å²) < 4.78 is 0. The van der Waals surface area contributed by atoms with Crippen molar-refractivity contribution in [3.05, 3.63) is 99.2 Å². The van der Waals surface area contributed by atoms with E-state index in [0.29, 0.717) is 16.5 Å². The second-order valence-electron chi connectivity index (χ2n) is 8.83. The quantitative estimate of drug-likeness (QED) is 0.424. The van der Waals surface area contributed by atoms with Crippen LogP contribution in [0.2, 0.25) is 10.0 Å². The number of rotatable bonds is 3. The van der Waals surface area contributed by atoms with Crippen LogP contribution in [-0.2, 0) is 4.79 Å². The third kappa shape index (κ3) is 4.21. The predicted octanol–water partition coefficient (Wildman–Crippen LogP) is 7.04. The molecule has 0 bridgehead atoms. The minimum Gasteiger partial charge on any atom is -0.378 e. The maximum Gasteiger partial charge on any atom is 0.163 e. The standard InChI is InChI=1S/C27H25Cl2N3O/c1-32(2)19-10-7-16(8-11-19)18-14-24-26(25(33)15-18)27(17-9-12-20(28)21(29)13-17)31-23-6-4-3-5-22(23)30-24/h3-13,18,27,30-31H,14-15H2,1-2H3. The first kappa shape index (κ1) is 21.9. The molecular weight excluding hydrogens is 453 g/mol. The summed E-state index contributed by atoms with van der Waals surface area (Å²) in [7, 11) is 4.05. The Morgan fingerprint density at radius 3 is 2.24 bits per heavy atom. The Balaban J connectivity index is 1.57. The van der Waals surface area contributed by atoms with Crippen molar-refractivity contribution in [2.24, 2.45) is 0 Å². The van der Waals surface area contributed by atoms with Crippen molar-refractivity contribution < 1.29 is 4.79 Å². The molecule has 0 saturated carbocycles. The number of halogens is 2. The molecule has 2 N–H and O–H groups in total. The van der Waals surface area contributed by atoms with E-state index in [-0.39, 0.29) is 17.7 Å². The molecule has 0 fully saturated rings. The van der Waals surface area contributed by atoms with E-state index >= 15 is 0 Å². The fraction of sp³-hybridized carbons (Fsp3) is 0.222. The lowest BCUT2D eigenvalue weighted by atomic mass is 9.78. The van der Waals surface area contributed by atoms with E-state index in [1.807, 2.05) is 50.5 Å². The SMILES string of the molecule is CN(C)c1ccc(C2CC(=O)C3=C(C2)Nc2ccccc2NC3c2ccc(Cl)c(Cl)c2)cc1. The summed E-state index contributed by atoms with van der Waals surface area (Å²) in [6.07, 6.45) is 1.23. The number of nitrogens with one attached hydrogen (secondary N) is 2. The molecule has 3 aromatic carbocycles. The van der Waals surface area contributed by atoms with Gasteiger partial charge in [-0.1, -0.05) is 53.5 Å². The minimum atomic E-state index is -0.310. The summed E-state index contributed by atoms with van der Waals surface area (Å²) in [5, 5.41) is 8.13. The summed E-state index contributed by atoms with van der Waals surface area (Å²) in [5.74, 6) is 0.265. The van der Waals surface area contributed by atoms with Gasteiger partial charge in [0, 0.05) is 37.5 Å². The van der Waals surface area contributed by atoms with Gasteiger partial charge in [0.2, 0.25) is 0 Å². The first-order valence-corrected chi connectivity index (χ1v) is 11.8. The molecule has 0 amide bonds. The zero-order chi connectivity index (χ0) is 23.1. The van der Waals surface area contributed by atoms with Crippen LogP contribution in [0, 0.1) is 0 Å². The second kappa shape index (κ2) is 8.77. The highest BCUT2D eigenvalue weighted by atomic mass is 35.5. The third-order valence-corrected chi connectivity index (χ3v) is 7.21. The van der Waals surface area contributed by atoms with Crippen molar-refractivity contribution >= 4 is 46.0 Å². The van der Waals surface area contributed by atoms with Gasteiger partial charge in [-0.15, -0.1) is 0 Å². The molecule has 2 aliphatic rings. The average Bonchev–Trinajstić information content (AvgIpc) is 2.98. The fourth-order valence-corrected chi connectivity index (χ4v) is 5.02. The van der Waals surface area contributed by atoms with Crippen molar-refractivity contribution in [3.63, 3.8) is 0 Å². The molecule has 5 rings (SSSR count). The van der Waals surface area contributed by atoms with E-state index in [2.05, 4.69) is 39.8 Å². The molecule has 33 heavy (non-hydrogen) atoms. The molecule has 0 spiro atoms. The number of allylic oxidation sites excluding steroid dienone is 1. The number of hydrogen-bond donors (Lipinski definition) is 2. The maximum atomic E-state index is 13.6. The number of anilines is 3. The van der Waals surface area contributed by atoms with E-state index in [4.69, 9.17) is 23.2 Å². The number of carbonyl (C=O) groups is 1. The molecule has 1 heterocycles. The van der Waals surface area contributed by atoms with Gasteiger partial charge in [0.05, 0.1) is 27.5 Å². The Morgan fingerprint density at radius 1 is 0.848 bits per heavy atom. The molecule has 2 atom stereocenters. The first-order valence-electron chi connectivity index (χ1n) is 11.0. The van der Waals surface area contributed by atoms with Gasteiger partial charge < -0.3 is 15.5 Å². The van der Waals surface area contributed by atoms with Gasteiger partial charge in [-0.3, -0.25) is 4.79 Å². The predicted molar refractivity (Wildman–Crippen MR) is 138 cm³/mol. The zero-order valence-corrected chi connectivity index (χ0v) is 20.0. The summed E-state index contributed by atoms with van der Waals surface area (Å²) in [5.41, 5.74) is 6.88. The smallest absolute Gasteiger partial charge is 0.163 e. The number of ketones is 1. The van der Waals surface area contributed by atoms with Gasteiger partial charge in [-0.25, -0.2) is 0 Å². The highest BCUT2D eigenvalue weighted by molar-refractivity contribution is 6.42.